The number of nitrogens with zero attached hydrogens (tertiary/aromatic N) is 4. The minimum atomic E-state index is -3.63. The Hall–Kier alpha value is -2.20. The summed E-state index contributed by atoms with van der Waals surface area (Å²) in [4.78, 5) is 14.5. The zero-order chi connectivity index (χ0) is 18.4. The molecule has 1 aliphatic rings. The first-order chi connectivity index (χ1) is 11.7. The molecule has 25 heavy (non-hydrogen) atoms. The van der Waals surface area contributed by atoms with E-state index in [2.05, 4.69) is 15.4 Å². The second-order valence-electron chi connectivity index (χ2n) is 6.16. The molecular formula is C15H21N5O4S. The van der Waals surface area contributed by atoms with Gasteiger partial charge in [-0.25, -0.2) is 8.42 Å². The van der Waals surface area contributed by atoms with Gasteiger partial charge < -0.3 is 9.42 Å². The van der Waals surface area contributed by atoms with E-state index in [1.807, 2.05) is 0 Å². The van der Waals surface area contributed by atoms with Gasteiger partial charge >= 0.3 is 0 Å². The molecule has 1 fully saturated rings. The van der Waals surface area contributed by atoms with E-state index in [0.717, 1.165) is 0 Å². The van der Waals surface area contributed by atoms with Gasteiger partial charge in [-0.15, -0.1) is 0 Å². The van der Waals surface area contributed by atoms with E-state index in [-0.39, 0.29) is 23.9 Å². The molecule has 2 aromatic heterocycles. The van der Waals surface area contributed by atoms with Crippen molar-refractivity contribution in [1.29, 1.82) is 0 Å². The maximum Gasteiger partial charge on any atom is 0.259 e. The Kier molecular flexibility index (Phi) is 4.41. The van der Waals surface area contributed by atoms with Crippen molar-refractivity contribution in [2.45, 2.75) is 32.6 Å². The second kappa shape index (κ2) is 6.26. The molecule has 0 atom stereocenters. The van der Waals surface area contributed by atoms with Crippen LogP contribution in [0.3, 0.4) is 0 Å². The Balaban J connectivity index is 1.75. The fourth-order valence-corrected chi connectivity index (χ4v) is 4.88. The number of aromatic nitrogens is 3. The predicted octanol–water partition coefficient (Wildman–Crippen LogP) is 0.778. The van der Waals surface area contributed by atoms with Gasteiger partial charge in [-0.1, -0.05) is 5.16 Å². The van der Waals surface area contributed by atoms with Gasteiger partial charge in [-0.05, 0) is 27.7 Å². The predicted molar refractivity (Wildman–Crippen MR) is 88.7 cm³/mol. The quantitative estimate of drug-likeness (QED) is 0.858. The molecule has 1 N–H and O–H groups in total. The van der Waals surface area contributed by atoms with Crippen LogP contribution in [0, 0.1) is 27.7 Å². The van der Waals surface area contributed by atoms with Crippen molar-refractivity contribution in [3.8, 4) is 0 Å². The number of carbonyl (C=O) groups is 1. The number of H-pyrrole nitrogens is 1. The lowest BCUT2D eigenvalue weighted by Gasteiger charge is -2.34. The Morgan fingerprint density at radius 2 is 1.72 bits per heavy atom. The monoisotopic (exact) mass is 367 g/mol. The lowest BCUT2D eigenvalue weighted by atomic mass is 10.1. The molecular weight excluding hydrogens is 346 g/mol. The van der Waals surface area contributed by atoms with Crippen LogP contribution < -0.4 is 0 Å². The molecule has 1 saturated heterocycles. The molecule has 0 saturated carbocycles. The highest BCUT2D eigenvalue weighted by molar-refractivity contribution is 7.89. The summed E-state index contributed by atoms with van der Waals surface area (Å²) in [7, 11) is -3.63. The normalized spacial score (nSPS) is 16.4. The summed E-state index contributed by atoms with van der Waals surface area (Å²) < 4.78 is 32.1. The number of carbonyl (C=O) groups excluding carboxylic acids is 1. The molecule has 3 heterocycles. The lowest BCUT2D eigenvalue weighted by Crippen LogP contribution is -2.50. The number of piperazine rings is 1. The molecule has 10 heteroatoms. The van der Waals surface area contributed by atoms with Crippen molar-refractivity contribution in [2.24, 2.45) is 0 Å². The van der Waals surface area contributed by atoms with Crippen LogP contribution in [0.1, 0.15) is 33.2 Å². The van der Waals surface area contributed by atoms with E-state index < -0.39 is 10.0 Å². The Morgan fingerprint density at radius 1 is 1.08 bits per heavy atom. The zero-order valence-corrected chi connectivity index (χ0v) is 15.5. The molecule has 0 unspecified atom stereocenters. The first kappa shape index (κ1) is 17.6. The van der Waals surface area contributed by atoms with E-state index in [9.17, 15) is 13.2 Å². The molecule has 1 aliphatic heterocycles. The summed E-state index contributed by atoms with van der Waals surface area (Å²) in [5.74, 6) is 0.297. The number of hydrogen-bond donors (Lipinski definition) is 1. The number of rotatable bonds is 3. The average molecular weight is 367 g/mol. The number of nitrogens with one attached hydrogen (secondary N) is 1. The van der Waals surface area contributed by atoms with Crippen LogP contribution in [0.5, 0.6) is 0 Å². The molecule has 2 aromatic rings. The van der Waals surface area contributed by atoms with Gasteiger partial charge in [-0.3, -0.25) is 9.89 Å². The van der Waals surface area contributed by atoms with Crippen LogP contribution in [0.4, 0.5) is 0 Å². The summed E-state index contributed by atoms with van der Waals surface area (Å²) in [5, 5.41) is 10.5. The van der Waals surface area contributed by atoms with E-state index in [1.54, 1.807) is 32.6 Å². The molecule has 136 valence electrons. The standard InChI is InChI=1S/C15H21N5O4S/c1-9-13(12(4)24-18-9)15(21)19-5-7-20(8-6-19)25(22,23)14-10(2)16-17-11(14)3/h5-8H2,1-4H3,(H,16,17). The third kappa shape index (κ3) is 2.95. The Labute approximate surface area is 146 Å². The first-order valence-corrected chi connectivity index (χ1v) is 9.41. The van der Waals surface area contributed by atoms with Gasteiger partial charge in [-0.2, -0.15) is 9.40 Å². The van der Waals surface area contributed by atoms with Crippen LogP contribution in [0.25, 0.3) is 0 Å². The third-order valence-corrected chi connectivity index (χ3v) is 6.59. The maximum atomic E-state index is 12.8. The van der Waals surface area contributed by atoms with Crippen LogP contribution in [-0.2, 0) is 10.0 Å². The second-order valence-corrected chi connectivity index (χ2v) is 8.03. The molecule has 0 spiro atoms. The minimum absolute atomic E-state index is 0.177. The Morgan fingerprint density at radius 3 is 2.20 bits per heavy atom. The van der Waals surface area contributed by atoms with Crippen molar-refractivity contribution in [2.75, 3.05) is 26.2 Å². The molecule has 9 nitrogen and oxygen atoms in total. The van der Waals surface area contributed by atoms with E-state index in [1.165, 1.54) is 4.31 Å². The lowest BCUT2D eigenvalue weighted by molar-refractivity contribution is 0.0695. The van der Waals surface area contributed by atoms with E-state index in [4.69, 9.17) is 4.52 Å². The van der Waals surface area contributed by atoms with Gasteiger partial charge in [0.25, 0.3) is 5.91 Å². The van der Waals surface area contributed by atoms with Crippen LogP contribution in [0.2, 0.25) is 0 Å². The summed E-state index contributed by atoms with van der Waals surface area (Å²) in [6.45, 7) is 7.87. The topological polar surface area (TPSA) is 112 Å². The fraction of sp³-hybridized carbons (Fsp3) is 0.533. The number of sulfonamides is 1. The van der Waals surface area contributed by atoms with Crippen molar-refractivity contribution >= 4 is 15.9 Å². The van der Waals surface area contributed by atoms with Gasteiger partial charge in [0.05, 0.1) is 17.1 Å². The van der Waals surface area contributed by atoms with Crippen molar-refractivity contribution < 1.29 is 17.7 Å². The first-order valence-electron chi connectivity index (χ1n) is 7.97. The molecule has 0 aliphatic carbocycles. The molecule has 0 aromatic carbocycles. The minimum Gasteiger partial charge on any atom is -0.361 e. The molecule has 1 amide bonds. The smallest absolute Gasteiger partial charge is 0.259 e. The van der Waals surface area contributed by atoms with Crippen LogP contribution >= 0.6 is 0 Å². The SMILES string of the molecule is Cc1noc(C)c1C(=O)N1CCN(S(=O)(=O)c2c(C)n[nH]c2C)CC1. The van der Waals surface area contributed by atoms with E-state index in [0.29, 0.717) is 41.5 Å². The van der Waals surface area contributed by atoms with Crippen molar-refractivity contribution in [1.82, 2.24) is 24.6 Å². The number of amides is 1. The molecule has 3 rings (SSSR count). The maximum absolute atomic E-state index is 12.8. The summed E-state index contributed by atoms with van der Waals surface area (Å²) in [6, 6.07) is 0. The van der Waals surface area contributed by atoms with Crippen molar-refractivity contribution in [3.63, 3.8) is 0 Å². The van der Waals surface area contributed by atoms with Crippen LogP contribution in [0.15, 0.2) is 9.42 Å². The molecule has 0 bridgehead atoms. The summed E-state index contributed by atoms with van der Waals surface area (Å²) >= 11 is 0. The number of aryl methyl sites for hydroxylation is 4. The highest BCUT2D eigenvalue weighted by atomic mass is 32.2. The Bertz CT molecular complexity index is 867. The third-order valence-electron chi connectivity index (χ3n) is 4.43. The highest BCUT2D eigenvalue weighted by Gasteiger charge is 2.34. The number of aromatic amines is 1. The number of hydrogen-bond acceptors (Lipinski definition) is 6. The van der Waals surface area contributed by atoms with Gasteiger partial charge in [0.2, 0.25) is 10.0 Å². The average Bonchev–Trinajstić information content (AvgIpc) is 3.09. The summed E-state index contributed by atoms with van der Waals surface area (Å²) in [5.41, 5.74) is 1.97. The summed E-state index contributed by atoms with van der Waals surface area (Å²) in [6.07, 6.45) is 0. The van der Waals surface area contributed by atoms with Crippen LogP contribution in [-0.4, -0.2) is 65.1 Å². The van der Waals surface area contributed by atoms with E-state index >= 15 is 0 Å². The van der Waals surface area contributed by atoms with Crippen molar-refractivity contribution in [3.05, 3.63) is 28.4 Å². The largest absolute Gasteiger partial charge is 0.361 e. The molecule has 0 radical (unpaired) electrons. The van der Waals surface area contributed by atoms with Gasteiger partial charge in [0.1, 0.15) is 16.2 Å². The van der Waals surface area contributed by atoms with Gasteiger partial charge in [0.15, 0.2) is 0 Å². The zero-order valence-electron chi connectivity index (χ0n) is 14.7. The highest BCUT2D eigenvalue weighted by Crippen LogP contribution is 2.23. The van der Waals surface area contributed by atoms with Gasteiger partial charge in [0, 0.05) is 26.2 Å². The fourth-order valence-electron chi connectivity index (χ4n) is 3.13.